The molecule has 8 heteroatoms. The van der Waals surface area contributed by atoms with Gasteiger partial charge in [0.05, 0.1) is 17.1 Å². The minimum atomic E-state index is -0.748. The Morgan fingerprint density at radius 2 is 1.70 bits per heavy atom. The van der Waals surface area contributed by atoms with Gasteiger partial charge in [0, 0.05) is 11.8 Å². The third-order valence-electron chi connectivity index (χ3n) is 3.35. The Labute approximate surface area is 154 Å². The lowest BCUT2D eigenvalue weighted by atomic mass is 10.3. The highest BCUT2D eigenvalue weighted by atomic mass is 16.6. The molecule has 8 nitrogen and oxygen atoms in total. The molecular formula is C19H16N4O4. The minimum Gasteiger partial charge on any atom is -0.450 e. The van der Waals surface area contributed by atoms with Crippen molar-refractivity contribution in [1.29, 1.82) is 0 Å². The van der Waals surface area contributed by atoms with Crippen LogP contribution < -0.4 is 5.32 Å². The first-order valence-electron chi connectivity index (χ1n) is 8.07. The van der Waals surface area contributed by atoms with Crippen molar-refractivity contribution in [1.82, 2.24) is 5.16 Å². The van der Waals surface area contributed by atoms with E-state index in [1.807, 2.05) is 30.3 Å². The largest absolute Gasteiger partial charge is 0.450 e. The van der Waals surface area contributed by atoms with Crippen molar-refractivity contribution in [2.24, 2.45) is 10.2 Å². The van der Waals surface area contributed by atoms with E-state index >= 15 is 0 Å². The van der Waals surface area contributed by atoms with Crippen LogP contribution in [0.25, 0.3) is 0 Å². The van der Waals surface area contributed by atoms with Crippen molar-refractivity contribution >= 4 is 28.9 Å². The number of ether oxygens (including phenoxy) is 1. The van der Waals surface area contributed by atoms with Crippen LogP contribution in [0, 0.1) is 6.92 Å². The third-order valence-corrected chi connectivity index (χ3v) is 3.35. The van der Waals surface area contributed by atoms with Crippen LogP contribution in [-0.4, -0.2) is 23.6 Å². The van der Waals surface area contributed by atoms with Crippen LogP contribution in [0.2, 0.25) is 0 Å². The molecule has 0 fully saturated rings. The number of aryl methyl sites for hydroxylation is 1. The molecular weight excluding hydrogens is 348 g/mol. The molecule has 0 radical (unpaired) electrons. The second kappa shape index (κ2) is 8.52. The van der Waals surface area contributed by atoms with Gasteiger partial charge >= 0.3 is 5.97 Å². The molecule has 0 spiro atoms. The van der Waals surface area contributed by atoms with Crippen LogP contribution in [0.3, 0.4) is 0 Å². The van der Waals surface area contributed by atoms with Gasteiger partial charge in [0.2, 0.25) is 5.76 Å². The van der Waals surface area contributed by atoms with Crippen molar-refractivity contribution in [3.8, 4) is 0 Å². The smallest absolute Gasteiger partial charge is 0.377 e. The van der Waals surface area contributed by atoms with Crippen molar-refractivity contribution in [2.75, 3.05) is 11.9 Å². The Morgan fingerprint density at radius 3 is 2.33 bits per heavy atom. The van der Waals surface area contributed by atoms with Gasteiger partial charge in [-0.15, -0.1) is 0 Å². The van der Waals surface area contributed by atoms with Crippen LogP contribution in [0.4, 0.5) is 17.1 Å². The van der Waals surface area contributed by atoms with E-state index in [-0.39, 0.29) is 5.76 Å². The molecule has 0 saturated heterocycles. The molecule has 0 aliphatic carbocycles. The van der Waals surface area contributed by atoms with E-state index in [1.54, 1.807) is 31.2 Å². The van der Waals surface area contributed by atoms with Gasteiger partial charge in [-0.1, -0.05) is 23.4 Å². The summed E-state index contributed by atoms with van der Waals surface area (Å²) < 4.78 is 9.64. The molecule has 27 heavy (non-hydrogen) atoms. The molecule has 0 atom stereocenters. The quantitative estimate of drug-likeness (QED) is 0.521. The standard InChI is InChI=1S/C19H16N4O4/c1-13-11-17(27-23-13)19(25)26-12-18(24)20-14-7-9-16(10-8-14)22-21-15-5-3-2-4-6-15/h2-11H,12H2,1H3,(H,20,24). The van der Waals surface area contributed by atoms with Gasteiger partial charge in [-0.05, 0) is 43.3 Å². The molecule has 136 valence electrons. The fraction of sp³-hybridized carbons (Fsp3) is 0.105. The van der Waals surface area contributed by atoms with Gasteiger partial charge in [0.25, 0.3) is 5.91 Å². The Bertz CT molecular complexity index is 949. The summed E-state index contributed by atoms with van der Waals surface area (Å²) in [5.41, 5.74) is 2.49. The Balaban J connectivity index is 1.49. The van der Waals surface area contributed by atoms with E-state index in [1.165, 1.54) is 6.07 Å². The van der Waals surface area contributed by atoms with E-state index in [0.717, 1.165) is 5.69 Å². The maximum absolute atomic E-state index is 11.9. The number of nitrogens with zero attached hydrogens (tertiary/aromatic N) is 3. The Kier molecular flexibility index (Phi) is 5.68. The summed E-state index contributed by atoms with van der Waals surface area (Å²) in [6.45, 7) is 1.24. The maximum Gasteiger partial charge on any atom is 0.377 e. The first kappa shape index (κ1) is 18.0. The number of nitrogens with one attached hydrogen (secondary N) is 1. The number of rotatable bonds is 6. The number of amides is 1. The van der Waals surface area contributed by atoms with E-state index in [2.05, 4.69) is 20.7 Å². The predicted molar refractivity (Wildman–Crippen MR) is 97.2 cm³/mol. The topological polar surface area (TPSA) is 106 Å². The summed E-state index contributed by atoms with van der Waals surface area (Å²) in [5, 5.41) is 14.4. The van der Waals surface area contributed by atoms with Crippen LogP contribution in [0.5, 0.6) is 0 Å². The van der Waals surface area contributed by atoms with Crippen molar-refractivity contribution < 1.29 is 18.8 Å². The number of carbonyl (C=O) groups excluding carboxylic acids is 2. The number of carbonyl (C=O) groups is 2. The highest BCUT2D eigenvalue weighted by molar-refractivity contribution is 5.94. The molecule has 1 N–H and O–H groups in total. The summed E-state index contributed by atoms with van der Waals surface area (Å²) in [6.07, 6.45) is 0. The molecule has 0 unspecified atom stereocenters. The van der Waals surface area contributed by atoms with Gasteiger partial charge in [-0.25, -0.2) is 4.79 Å². The Morgan fingerprint density at radius 1 is 1.04 bits per heavy atom. The van der Waals surface area contributed by atoms with Crippen molar-refractivity contribution in [3.63, 3.8) is 0 Å². The second-order valence-corrected chi connectivity index (χ2v) is 5.54. The van der Waals surface area contributed by atoms with Gasteiger partial charge in [0.15, 0.2) is 6.61 Å². The van der Waals surface area contributed by atoms with E-state index in [0.29, 0.717) is 17.1 Å². The van der Waals surface area contributed by atoms with Crippen LogP contribution in [0.1, 0.15) is 16.2 Å². The first-order valence-corrected chi connectivity index (χ1v) is 8.07. The molecule has 1 heterocycles. The molecule has 3 aromatic rings. The number of anilines is 1. The summed E-state index contributed by atoms with van der Waals surface area (Å²) >= 11 is 0. The summed E-state index contributed by atoms with van der Waals surface area (Å²) in [5.74, 6) is -1.27. The van der Waals surface area contributed by atoms with Gasteiger partial charge in [-0.3, -0.25) is 4.79 Å². The zero-order valence-electron chi connectivity index (χ0n) is 14.5. The fourth-order valence-electron chi connectivity index (χ4n) is 2.08. The van der Waals surface area contributed by atoms with Gasteiger partial charge in [-0.2, -0.15) is 10.2 Å². The van der Waals surface area contributed by atoms with Gasteiger partial charge < -0.3 is 14.6 Å². The normalized spacial score (nSPS) is 10.7. The second-order valence-electron chi connectivity index (χ2n) is 5.54. The zero-order valence-corrected chi connectivity index (χ0v) is 14.5. The fourth-order valence-corrected chi connectivity index (χ4v) is 2.08. The molecule has 0 saturated carbocycles. The monoisotopic (exact) mass is 364 g/mol. The molecule has 3 rings (SSSR count). The van der Waals surface area contributed by atoms with Crippen LogP contribution in [-0.2, 0) is 9.53 Å². The lowest BCUT2D eigenvalue weighted by Gasteiger charge is -2.05. The highest BCUT2D eigenvalue weighted by Gasteiger charge is 2.15. The van der Waals surface area contributed by atoms with E-state index in [4.69, 9.17) is 9.26 Å². The SMILES string of the molecule is Cc1cc(C(=O)OCC(=O)Nc2ccc(N=Nc3ccccc3)cc2)on1. The number of azo groups is 1. The Hall–Kier alpha value is -3.81. The molecule has 0 aliphatic heterocycles. The summed E-state index contributed by atoms with van der Waals surface area (Å²) in [4.78, 5) is 23.6. The summed E-state index contributed by atoms with van der Waals surface area (Å²) in [7, 11) is 0. The van der Waals surface area contributed by atoms with Crippen molar-refractivity contribution in [3.05, 3.63) is 72.1 Å². The number of hydrogen-bond donors (Lipinski definition) is 1. The van der Waals surface area contributed by atoms with Crippen LogP contribution in [0.15, 0.2) is 75.4 Å². The third kappa shape index (κ3) is 5.33. The van der Waals surface area contributed by atoms with Gasteiger partial charge in [0.1, 0.15) is 0 Å². The maximum atomic E-state index is 11.9. The zero-order chi connectivity index (χ0) is 19.1. The molecule has 1 amide bonds. The average molecular weight is 364 g/mol. The number of hydrogen-bond acceptors (Lipinski definition) is 7. The predicted octanol–water partition coefficient (Wildman–Crippen LogP) is 4.19. The minimum absolute atomic E-state index is 0.0477. The molecule has 0 bridgehead atoms. The molecule has 2 aromatic carbocycles. The van der Waals surface area contributed by atoms with Crippen molar-refractivity contribution in [2.45, 2.75) is 6.92 Å². The molecule has 0 aliphatic rings. The summed E-state index contributed by atoms with van der Waals surface area (Å²) in [6, 6.07) is 17.6. The molecule has 1 aromatic heterocycles. The number of benzene rings is 2. The van der Waals surface area contributed by atoms with E-state index < -0.39 is 18.5 Å². The number of aromatic nitrogens is 1. The first-order chi connectivity index (χ1) is 13.1. The number of esters is 1. The lowest BCUT2D eigenvalue weighted by Crippen LogP contribution is -2.20. The van der Waals surface area contributed by atoms with Crippen LogP contribution >= 0.6 is 0 Å². The highest BCUT2D eigenvalue weighted by Crippen LogP contribution is 2.20. The van der Waals surface area contributed by atoms with E-state index in [9.17, 15) is 9.59 Å². The average Bonchev–Trinajstić information content (AvgIpc) is 3.13. The lowest BCUT2D eigenvalue weighted by molar-refractivity contribution is -0.119.